The molecule has 142 valence electrons. The molecule has 3 aromatic rings. The Morgan fingerprint density at radius 3 is 2.41 bits per heavy atom. The predicted octanol–water partition coefficient (Wildman–Crippen LogP) is 4.36. The van der Waals surface area contributed by atoms with Gasteiger partial charge in [0.05, 0.1) is 25.9 Å². The van der Waals surface area contributed by atoms with Crippen LogP contribution >= 0.6 is 22.7 Å². The van der Waals surface area contributed by atoms with Crippen molar-refractivity contribution in [1.82, 2.24) is 15.6 Å². The Morgan fingerprint density at radius 1 is 1.04 bits per heavy atom. The Hall–Kier alpha value is -2.38. The number of benzene rings is 1. The van der Waals surface area contributed by atoms with Gasteiger partial charge in [-0.3, -0.25) is 4.99 Å². The third-order valence-corrected chi connectivity index (χ3v) is 6.38. The van der Waals surface area contributed by atoms with E-state index in [0.29, 0.717) is 6.54 Å². The fourth-order valence-electron chi connectivity index (χ4n) is 2.55. The minimum absolute atomic E-state index is 0.681. The van der Waals surface area contributed by atoms with Crippen LogP contribution in [0.25, 0.3) is 10.4 Å². The van der Waals surface area contributed by atoms with Gasteiger partial charge < -0.3 is 15.4 Å². The quantitative estimate of drug-likeness (QED) is 0.477. The first kappa shape index (κ1) is 19.4. The lowest BCUT2D eigenvalue weighted by Crippen LogP contribution is -2.36. The van der Waals surface area contributed by atoms with Gasteiger partial charge in [0.1, 0.15) is 10.8 Å². The minimum Gasteiger partial charge on any atom is -0.497 e. The third-order valence-electron chi connectivity index (χ3n) is 4.17. The Balaban J connectivity index is 1.54. The molecule has 7 heteroatoms. The van der Waals surface area contributed by atoms with Gasteiger partial charge in [-0.1, -0.05) is 0 Å². The number of nitrogens with one attached hydrogen (secondary N) is 2. The van der Waals surface area contributed by atoms with E-state index in [1.54, 1.807) is 36.8 Å². The van der Waals surface area contributed by atoms with Crippen LogP contribution in [0.3, 0.4) is 0 Å². The molecule has 5 nitrogen and oxygen atoms in total. The van der Waals surface area contributed by atoms with Crippen LogP contribution in [-0.4, -0.2) is 25.1 Å². The molecule has 3 rings (SSSR count). The number of ether oxygens (including phenoxy) is 1. The normalized spacial score (nSPS) is 11.5. The van der Waals surface area contributed by atoms with Crippen molar-refractivity contribution in [3.63, 3.8) is 0 Å². The van der Waals surface area contributed by atoms with Crippen LogP contribution in [0.2, 0.25) is 0 Å². The molecule has 2 N–H and O–H groups in total. The molecule has 0 radical (unpaired) electrons. The standard InChI is InChI=1S/C20H24N4OS2/c1-13-14(2)26-19(24-13)12-23-20(21-3)22-11-17-9-10-18(27-17)15-5-7-16(25-4)8-6-15/h5-10H,11-12H2,1-4H3,(H2,21,22,23). The van der Waals surface area contributed by atoms with Gasteiger partial charge in [0, 0.05) is 21.7 Å². The Morgan fingerprint density at radius 2 is 1.78 bits per heavy atom. The average Bonchev–Trinajstić information content (AvgIpc) is 3.29. The van der Waals surface area contributed by atoms with E-state index in [1.165, 1.54) is 20.2 Å². The third kappa shape index (κ3) is 5.08. The number of aromatic nitrogens is 1. The first-order valence-corrected chi connectivity index (χ1v) is 10.3. The van der Waals surface area contributed by atoms with Crippen molar-refractivity contribution in [2.24, 2.45) is 4.99 Å². The van der Waals surface area contributed by atoms with Gasteiger partial charge in [0.25, 0.3) is 0 Å². The molecule has 0 bridgehead atoms. The second-order valence-corrected chi connectivity index (χ2v) is 8.48. The van der Waals surface area contributed by atoms with Crippen LogP contribution in [0.1, 0.15) is 20.5 Å². The molecule has 0 spiro atoms. The number of thiazole rings is 1. The SMILES string of the molecule is CN=C(NCc1ccc(-c2ccc(OC)cc2)s1)NCc1nc(C)c(C)s1. The summed E-state index contributed by atoms with van der Waals surface area (Å²) in [6.45, 7) is 5.55. The van der Waals surface area contributed by atoms with Gasteiger partial charge in [-0.15, -0.1) is 22.7 Å². The first-order chi connectivity index (χ1) is 13.1. The van der Waals surface area contributed by atoms with Crippen molar-refractivity contribution in [1.29, 1.82) is 0 Å². The summed E-state index contributed by atoms with van der Waals surface area (Å²) < 4.78 is 5.22. The average molecular weight is 401 g/mol. The van der Waals surface area contributed by atoms with Crippen LogP contribution in [0.15, 0.2) is 41.4 Å². The number of guanidine groups is 1. The maximum atomic E-state index is 5.22. The van der Waals surface area contributed by atoms with E-state index in [-0.39, 0.29) is 0 Å². The molecule has 2 aromatic heterocycles. The van der Waals surface area contributed by atoms with Gasteiger partial charge >= 0.3 is 0 Å². The molecule has 0 aliphatic rings. The predicted molar refractivity (Wildman–Crippen MR) is 115 cm³/mol. The van der Waals surface area contributed by atoms with Crippen LogP contribution in [0, 0.1) is 13.8 Å². The van der Waals surface area contributed by atoms with Gasteiger partial charge in [-0.05, 0) is 55.8 Å². The highest BCUT2D eigenvalue weighted by Crippen LogP contribution is 2.29. The number of rotatable bonds is 6. The fourth-order valence-corrected chi connectivity index (χ4v) is 4.38. The van der Waals surface area contributed by atoms with Crippen LogP contribution in [0.4, 0.5) is 0 Å². The van der Waals surface area contributed by atoms with Crippen molar-refractivity contribution < 1.29 is 4.74 Å². The van der Waals surface area contributed by atoms with E-state index in [2.05, 4.69) is 51.8 Å². The van der Waals surface area contributed by atoms with Crippen LogP contribution < -0.4 is 15.4 Å². The monoisotopic (exact) mass is 400 g/mol. The zero-order valence-corrected chi connectivity index (χ0v) is 17.6. The van der Waals surface area contributed by atoms with Crippen molar-refractivity contribution in [2.45, 2.75) is 26.9 Å². The molecule has 2 heterocycles. The van der Waals surface area contributed by atoms with Gasteiger partial charge in [-0.2, -0.15) is 0 Å². The summed E-state index contributed by atoms with van der Waals surface area (Å²) in [6, 6.07) is 12.4. The largest absolute Gasteiger partial charge is 0.497 e. The van der Waals surface area contributed by atoms with Crippen molar-refractivity contribution in [3.05, 3.63) is 56.9 Å². The molecule has 0 saturated heterocycles. The van der Waals surface area contributed by atoms with E-state index >= 15 is 0 Å². The number of aliphatic imine (C=N–C) groups is 1. The van der Waals surface area contributed by atoms with Gasteiger partial charge in [0.2, 0.25) is 0 Å². The molecule has 0 aliphatic carbocycles. The van der Waals surface area contributed by atoms with E-state index in [0.717, 1.165) is 29.0 Å². The van der Waals surface area contributed by atoms with Crippen molar-refractivity contribution in [3.8, 4) is 16.2 Å². The summed E-state index contributed by atoms with van der Waals surface area (Å²) in [5.74, 6) is 1.65. The molecule has 0 aliphatic heterocycles. The smallest absolute Gasteiger partial charge is 0.191 e. The molecule has 27 heavy (non-hydrogen) atoms. The molecular formula is C20H24N4OS2. The number of nitrogens with zero attached hydrogens (tertiary/aromatic N) is 2. The molecule has 0 saturated carbocycles. The highest BCUT2D eigenvalue weighted by atomic mass is 32.1. The summed E-state index contributed by atoms with van der Waals surface area (Å²) in [7, 11) is 3.46. The van der Waals surface area contributed by atoms with E-state index < -0.39 is 0 Å². The number of thiophene rings is 1. The van der Waals surface area contributed by atoms with Crippen LogP contribution in [-0.2, 0) is 13.1 Å². The second-order valence-electron chi connectivity index (χ2n) is 6.02. The van der Waals surface area contributed by atoms with E-state index in [1.807, 2.05) is 19.1 Å². The number of methoxy groups -OCH3 is 1. The zero-order valence-electron chi connectivity index (χ0n) is 16.0. The lowest BCUT2D eigenvalue weighted by molar-refractivity contribution is 0.415. The number of aryl methyl sites for hydroxylation is 2. The highest BCUT2D eigenvalue weighted by Gasteiger charge is 2.07. The molecule has 0 fully saturated rings. The molecule has 0 amide bonds. The van der Waals surface area contributed by atoms with Crippen LogP contribution in [0.5, 0.6) is 5.75 Å². The lowest BCUT2D eigenvalue weighted by Gasteiger charge is -2.09. The Labute approximate surface area is 168 Å². The van der Waals surface area contributed by atoms with Crippen molar-refractivity contribution >= 4 is 28.6 Å². The second kappa shape index (κ2) is 9.01. The summed E-state index contributed by atoms with van der Waals surface area (Å²) in [5, 5.41) is 7.77. The maximum absolute atomic E-state index is 5.22. The summed E-state index contributed by atoms with van der Waals surface area (Å²) in [4.78, 5) is 12.6. The summed E-state index contributed by atoms with van der Waals surface area (Å²) in [6.07, 6.45) is 0. The molecule has 0 atom stereocenters. The molecular weight excluding hydrogens is 376 g/mol. The topological polar surface area (TPSA) is 58.5 Å². The maximum Gasteiger partial charge on any atom is 0.191 e. The first-order valence-electron chi connectivity index (χ1n) is 8.69. The number of hydrogen-bond acceptors (Lipinski definition) is 5. The van der Waals surface area contributed by atoms with E-state index in [4.69, 9.17) is 4.74 Å². The highest BCUT2D eigenvalue weighted by molar-refractivity contribution is 7.15. The van der Waals surface area contributed by atoms with E-state index in [9.17, 15) is 0 Å². The fraction of sp³-hybridized carbons (Fsp3) is 0.300. The minimum atomic E-state index is 0.681. The number of hydrogen-bond donors (Lipinski definition) is 2. The molecule has 0 unspecified atom stereocenters. The molecule has 1 aromatic carbocycles. The Bertz CT molecular complexity index is 893. The van der Waals surface area contributed by atoms with Crippen molar-refractivity contribution in [2.75, 3.05) is 14.2 Å². The lowest BCUT2D eigenvalue weighted by atomic mass is 10.2. The summed E-state index contributed by atoms with van der Waals surface area (Å²) in [5.41, 5.74) is 2.30. The summed E-state index contributed by atoms with van der Waals surface area (Å²) >= 11 is 3.50. The zero-order chi connectivity index (χ0) is 19.2. The van der Waals surface area contributed by atoms with Gasteiger partial charge in [0.15, 0.2) is 5.96 Å². The Kier molecular flexibility index (Phi) is 6.47. The van der Waals surface area contributed by atoms with Gasteiger partial charge in [-0.25, -0.2) is 4.98 Å².